The van der Waals surface area contributed by atoms with Gasteiger partial charge in [0.25, 0.3) is 0 Å². The number of rotatable bonds is 0. The lowest BCUT2D eigenvalue weighted by atomic mass is 9.87. The molecule has 1 aliphatic rings. The van der Waals surface area contributed by atoms with Crippen LogP contribution in [0.5, 0.6) is 0 Å². The molecule has 17 heavy (non-hydrogen) atoms. The van der Waals surface area contributed by atoms with E-state index in [0.717, 1.165) is 0 Å². The van der Waals surface area contributed by atoms with Gasteiger partial charge in [-0.05, 0) is 13.8 Å². The van der Waals surface area contributed by atoms with Crippen molar-refractivity contribution in [2.45, 2.75) is 19.3 Å². The van der Waals surface area contributed by atoms with Crippen molar-refractivity contribution in [2.24, 2.45) is 0 Å². The van der Waals surface area contributed by atoms with Crippen molar-refractivity contribution >= 4 is 11.9 Å². The molecule has 1 aromatic carbocycles. The molecule has 0 spiro atoms. The van der Waals surface area contributed by atoms with Gasteiger partial charge in [-0.2, -0.15) is 0 Å². The molecule has 0 amide bonds. The lowest BCUT2D eigenvalue weighted by Gasteiger charge is -2.17. The molecule has 5 nitrogen and oxygen atoms in total. The molecule has 0 saturated carbocycles. The number of para-hydroxylation sites is 1. The highest BCUT2D eigenvalue weighted by molar-refractivity contribution is 5.76. The van der Waals surface area contributed by atoms with Crippen molar-refractivity contribution in [1.82, 2.24) is 0 Å². The number of halogens is 1. The third-order valence-corrected chi connectivity index (χ3v) is 2.49. The maximum absolute atomic E-state index is 8.49. The minimum absolute atomic E-state index is 0.200. The van der Waals surface area contributed by atoms with Gasteiger partial charge < -0.3 is 0 Å². The fourth-order valence-electron chi connectivity index (χ4n) is 1.95. The van der Waals surface area contributed by atoms with Crippen LogP contribution in [0.2, 0.25) is 0 Å². The lowest BCUT2D eigenvalue weighted by Crippen LogP contribution is -2.68. The van der Waals surface area contributed by atoms with E-state index >= 15 is 0 Å². The highest BCUT2D eigenvalue weighted by Gasteiger charge is 2.34. The van der Waals surface area contributed by atoms with E-state index in [4.69, 9.17) is 18.6 Å². The van der Waals surface area contributed by atoms with E-state index in [1.807, 2.05) is 0 Å². The second kappa shape index (κ2) is 4.72. The molecule has 1 heterocycles. The van der Waals surface area contributed by atoms with Crippen molar-refractivity contribution in [3.8, 4) is 0 Å². The highest BCUT2D eigenvalue weighted by Crippen LogP contribution is 2.34. The van der Waals surface area contributed by atoms with Crippen LogP contribution in [0.1, 0.15) is 19.4 Å². The van der Waals surface area contributed by atoms with E-state index < -0.39 is 10.2 Å². The van der Waals surface area contributed by atoms with E-state index in [9.17, 15) is 0 Å². The first-order valence-electron chi connectivity index (χ1n) is 4.91. The minimum atomic E-state index is -4.94. The summed E-state index contributed by atoms with van der Waals surface area (Å²) in [6, 6.07) is 8.56. The van der Waals surface area contributed by atoms with Crippen LogP contribution in [0, 0.1) is 10.2 Å². The van der Waals surface area contributed by atoms with Crippen LogP contribution in [0.15, 0.2) is 24.3 Å². The maximum atomic E-state index is 8.49. The second-order valence-corrected chi connectivity index (χ2v) is 5.11. The summed E-state index contributed by atoms with van der Waals surface area (Å²) in [4.78, 5) is 0. The van der Waals surface area contributed by atoms with Crippen molar-refractivity contribution in [3.05, 3.63) is 29.8 Å². The largest absolute Gasteiger partial charge is 0.222 e. The van der Waals surface area contributed by atoms with Crippen molar-refractivity contribution in [3.63, 3.8) is 0 Å². The summed E-state index contributed by atoms with van der Waals surface area (Å²) in [5.41, 5.74) is 2.96. The Morgan fingerprint density at radius 1 is 1.06 bits per heavy atom. The van der Waals surface area contributed by atoms with Crippen LogP contribution in [0.4, 0.5) is 5.69 Å². The summed E-state index contributed by atoms with van der Waals surface area (Å²) in [6.07, 6.45) is 2.26. The van der Waals surface area contributed by atoms with Crippen LogP contribution in [-0.4, -0.2) is 17.8 Å². The number of nitrogens with zero attached hydrogens (tertiary/aromatic N) is 1. The first-order chi connectivity index (χ1) is 7.61. The summed E-state index contributed by atoms with van der Waals surface area (Å²) < 4.78 is 36.2. The second-order valence-electron chi connectivity index (χ2n) is 4.36. The number of hydrogen-bond acceptors (Lipinski definition) is 4. The predicted molar refractivity (Wildman–Crippen MR) is 51.4 cm³/mol. The molecule has 0 unspecified atom stereocenters. The summed E-state index contributed by atoms with van der Waals surface area (Å²) >= 11 is 0. The average molecular weight is 260 g/mol. The van der Waals surface area contributed by atoms with Crippen molar-refractivity contribution in [2.75, 3.05) is 7.05 Å². The predicted octanol–water partition coefficient (Wildman–Crippen LogP) is -2.43. The van der Waals surface area contributed by atoms with Gasteiger partial charge in [0.2, 0.25) is 5.69 Å². The normalized spacial score (nSPS) is 16.8. The third kappa shape index (κ3) is 4.07. The zero-order valence-electron chi connectivity index (χ0n) is 9.84. The van der Waals surface area contributed by atoms with Gasteiger partial charge in [0.1, 0.15) is 7.05 Å². The molecular formula is C11H14ClNO4. The molecule has 0 aliphatic carbocycles. The Morgan fingerprint density at radius 2 is 1.53 bits per heavy atom. The number of hydrogen-bond donors (Lipinski definition) is 0. The van der Waals surface area contributed by atoms with Gasteiger partial charge in [0, 0.05) is 11.6 Å². The van der Waals surface area contributed by atoms with Crippen molar-refractivity contribution in [1.29, 1.82) is 0 Å². The fraction of sp³-hybridized carbons (Fsp3) is 0.364. The minimum Gasteiger partial charge on any atom is -0.222 e. The molecule has 2 rings (SSSR count). The van der Waals surface area contributed by atoms with Crippen LogP contribution < -0.4 is 18.6 Å². The average Bonchev–Trinajstić information content (AvgIpc) is 2.36. The van der Waals surface area contributed by atoms with Gasteiger partial charge in [-0.3, -0.25) is 0 Å². The molecule has 0 N–H and O–H groups in total. The molecular weight excluding hydrogens is 246 g/mol. The quantitative estimate of drug-likeness (QED) is 0.484. The Balaban J connectivity index is 0.000000249. The van der Waals surface area contributed by atoms with Gasteiger partial charge in [0.05, 0.1) is 5.41 Å². The summed E-state index contributed by atoms with van der Waals surface area (Å²) in [5.74, 6) is 0. The fourth-order valence-corrected chi connectivity index (χ4v) is 1.95. The highest BCUT2D eigenvalue weighted by atomic mass is 35.7. The van der Waals surface area contributed by atoms with Gasteiger partial charge in [-0.25, -0.2) is 23.2 Å². The van der Waals surface area contributed by atoms with E-state index in [1.54, 1.807) is 0 Å². The Hall–Kier alpha value is -0.980. The van der Waals surface area contributed by atoms with E-state index in [2.05, 4.69) is 56.0 Å². The molecule has 6 heteroatoms. The topological polar surface area (TPSA) is 95.2 Å². The smallest absolute Gasteiger partial charge is 0.209 e. The standard InChI is InChI=1S/C11H14N.ClHO4/c1-11(2)8-12(3)10-7-5-4-6-9(10)11;2-1(3,4)5/h4-8H,1-3H3;(H,2,3,4,5)/q+1;/p-1. The maximum Gasteiger partial charge on any atom is 0.209 e. The molecule has 0 aromatic heterocycles. The third-order valence-electron chi connectivity index (χ3n) is 2.49. The van der Waals surface area contributed by atoms with Crippen LogP contribution in [0.25, 0.3) is 0 Å². The summed E-state index contributed by atoms with van der Waals surface area (Å²) in [7, 11) is -2.84. The molecule has 0 saturated heterocycles. The van der Waals surface area contributed by atoms with Crippen LogP contribution in [-0.2, 0) is 5.41 Å². The number of fused-ring (bicyclic) bond motifs is 1. The van der Waals surface area contributed by atoms with Crippen molar-refractivity contribution < 1.29 is 33.5 Å². The Morgan fingerprint density at radius 3 is 2.00 bits per heavy atom. The van der Waals surface area contributed by atoms with Gasteiger partial charge in [0.15, 0.2) is 6.21 Å². The Bertz CT molecular complexity index is 431. The molecule has 1 aromatic rings. The molecule has 0 fully saturated rings. The number of benzene rings is 1. The molecule has 0 bridgehead atoms. The SMILES string of the molecule is C[N+]1=CC(C)(C)c2ccccc21.[O-][Cl+3]([O-])([O-])[O-]. The first-order valence-corrected chi connectivity index (χ1v) is 6.15. The van der Waals surface area contributed by atoms with Crippen LogP contribution in [0.3, 0.4) is 0 Å². The summed E-state index contributed by atoms with van der Waals surface area (Å²) in [6.45, 7) is 4.49. The monoisotopic (exact) mass is 259 g/mol. The molecule has 0 atom stereocenters. The van der Waals surface area contributed by atoms with Gasteiger partial charge in [-0.15, -0.1) is 10.2 Å². The lowest BCUT2D eigenvalue weighted by molar-refractivity contribution is -2.00. The molecule has 0 radical (unpaired) electrons. The van der Waals surface area contributed by atoms with Gasteiger partial charge in [-0.1, -0.05) is 18.2 Å². The Kier molecular flexibility index (Phi) is 3.91. The van der Waals surface area contributed by atoms with Gasteiger partial charge >= 0.3 is 0 Å². The van der Waals surface area contributed by atoms with E-state index in [1.165, 1.54) is 11.3 Å². The summed E-state index contributed by atoms with van der Waals surface area (Å²) in [5, 5.41) is 0. The van der Waals surface area contributed by atoms with E-state index in [-0.39, 0.29) is 5.41 Å². The molecule has 1 aliphatic heterocycles. The first kappa shape index (κ1) is 14.1. The Labute approximate surface area is 102 Å². The van der Waals surface area contributed by atoms with E-state index in [0.29, 0.717) is 0 Å². The zero-order chi connectivity index (χ0) is 13.3. The molecule has 94 valence electrons. The zero-order valence-corrected chi connectivity index (χ0v) is 10.6. The van der Waals surface area contributed by atoms with Crippen LogP contribution >= 0.6 is 0 Å².